The number of benzene rings is 1. The van der Waals surface area contributed by atoms with Crippen molar-refractivity contribution in [2.45, 2.75) is 40.8 Å². The Morgan fingerprint density at radius 1 is 1.23 bits per heavy atom. The van der Waals surface area contributed by atoms with Crippen LogP contribution >= 0.6 is 24.0 Å². The van der Waals surface area contributed by atoms with Gasteiger partial charge in [-0.2, -0.15) is 0 Å². The van der Waals surface area contributed by atoms with E-state index in [2.05, 4.69) is 40.5 Å². The molecule has 0 aliphatic carbocycles. The molecule has 0 bridgehead atoms. The van der Waals surface area contributed by atoms with Crippen LogP contribution in [0, 0.1) is 19.8 Å². The Morgan fingerprint density at radius 2 is 1.96 bits per heavy atom. The first-order chi connectivity index (χ1) is 12.0. The maximum absolute atomic E-state index is 5.77. The summed E-state index contributed by atoms with van der Waals surface area (Å²) < 4.78 is 11.3. The summed E-state index contributed by atoms with van der Waals surface area (Å²) in [7, 11) is 1.74. The summed E-state index contributed by atoms with van der Waals surface area (Å²) in [5.74, 6) is 3.59. The Balaban J connectivity index is 0.00000338. The summed E-state index contributed by atoms with van der Waals surface area (Å²) >= 11 is 0. The van der Waals surface area contributed by atoms with Gasteiger partial charge in [-0.3, -0.25) is 4.99 Å². The molecule has 1 aromatic heterocycles. The van der Waals surface area contributed by atoms with Gasteiger partial charge in [0.2, 0.25) is 5.89 Å². The summed E-state index contributed by atoms with van der Waals surface area (Å²) in [6.45, 7) is 9.98. The van der Waals surface area contributed by atoms with E-state index in [9.17, 15) is 0 Å². The molecule has 0 saturated heterocycles. The van der Waals surface area contributed by atoms with E-state index in [0.717, 1.165) is 29.4 Å². The maximum atomic E-state index is 5.77. The van der Waals surface area contributed by atoms with Crippen LogP contribution in [0.15, 0.2) is 33.7 Å². The highest BCUT2D eigenvalue weighted by atomic mass is 127. The van der Waals surface area contributed by atoms with Gasteiger partial charge >= 0.3 is 0 Å². The normalized spacial score (nSPS) is 11.2. The molecule has 2 aromatic rings. The number of guanidine groups is 1. The van der Waals surface area contributed by atoms with Crippen molar-refractivity contribution in [3.8, 4) is 5.75 Å². The van der Waals surface area contributed by atoms with Crippen LogP contribution in [0.25, 0.3) is 0 Å². The lowest BCUT2D eigenvalue weighted by molar-refractivity contribution is 0.271. The zero-order valence-electron chi connectivity index (χ0n) is 16.1. The lowest BCUT2D eigenvalue weighted by atomic mass is 10.2. The maximum Gasteiger partial charge on any atom is 0.214 e. The van der Waals surface area contributed by atoms with Gasteiger partial charge in [-0.1, -0.05) is 26.0 Å². The minimum Gasteiger partial charge on any atom is -0.493 e. The van der Waals surface area contributed by atoms with E-state index in [1.807, 2.05) is 32.0 Å². The molecule has 0 saturated carbocycles. The molecule has 1 aromatic carbocycles. The molecule has 0 unspecified atom stereocenters. The number of nitrogens with zero attached hydrogens (tertiary/aromatic N) is 2. The number of nitrogens with one attached hydrogen (secondary N) is 2. The van der Waals surface area contributed by atoms with Crippen molar-refractivity contribution in [3.63, 3.8) is 0 Å². The van der Waals surface area contributed by atoms with E-state index < -0.39 is 0 Å². The van der Waals surface area contributed by atoms with Gasteiger partial charge in [0.25, 0.3) is 0 Å². The van der Waals surface area contributed by atoms with E-state index in [0.29, 0.717) is 30.9 Å². The number of aryl methyl sites for hydroxylation is 2. The lowest BCUT2D eigenvalue weighted by Crippen LogP contribution is -2.36. The van der Waals surface area contributed by atoms with Gasteiger partial charge in [-0.15, -0.1) is 24.0 Å². The van der Waals surface area contributed by atoms with Crippen molar-refractivity contribution < 1.29 is 9.15 Å². The van der Waals surface area contributed by atoms with Gasteiger partial charge in [0.05, 0.1) is 18.8 Å². The third-order valence-electron chi connectivity index (χ3n) is 3.65. The van der Waals surface area contributed by atoms with E-state index in [-0.39, 0.29) is 24.0 Å². The number of oxazole rings is 1. The van der Waals surface area contributed by atoms with Crippen LogP contribution in [-0.2, 0) is 13.1 Å². The fourth-order valence-corrected chi connectivity index (χ4v) is 2.19. The molecule has 144 valence electrons. The number of hydrogen-bond donors (Lipinski definition) is 2. The molecule has 0 aliphatic rings. The molecule has 6 nitrogen and oxygen atoms in total. The van der Waals surface area contributed by atoms with Crippen molar-refractivity contribution >= 4 is 29.9 Å². The predicted molar refractivity (Wildman–Crippen MR) is 115 cm³/mol. The van der Waals surface area contributed by atoms with Gasteiger partial charge in [0.15, 0.2) is 5.96 Å². The number of aliphatic imine (C=N–C) groups is 1. The van der Waals surface area contributed by atoms with Gasteiger partial charge in [0.1, 0.15) is 11.5 Å². The Bertz CT molecular complexity index is 694. The minimum absolute atomic E-state index is 0. The smallest absolute Gasteiger partial charge is 0.214 e. The second-order valence-corrected chi connectivity index (χ2v) is 6.38. The van der Waals surface area contributed by atoms with E-state index in [1.54, 1.807) is 7.05 Å². The summed E-state index contributed by atoms with van der Waals surface area (Å²) in [6, 6.07) is 8.08. The van der Waals surface area contributed by atoms with Gasteiger partial charge < -0.3 is 19.8 Å². The standard InChI is InChI=1S/C19H28N4O2.HI/c1-13(2)12-24-17-8-6-7-16(9-17)10-21-19(20-5)22-11-18-23-14(3)15(4)25-18;/h6-9,13H,10-12H2,1-5H3,(H2,20,21,22);1H. The van der Waals surface area contributed by atoms with Crippen LogP contribution in [0.4, 0.5) is 0 Å². The van der Waals surface area contributed by atoms with Gasteiger partial charge in [-0.05, 0) is 37.5 Å². The fraction of sp³-hybridized carbons (Fsp3) is 0.474. The molecule has 0 radical (unpaired) electrons. The molecule has 0 fully saturated rings. The topological polar surface area (TPSA) is 71.7 Å². The first kappa shape index (κ1) is 22.3. The summed E-state index contributed by atoms with van der Waals surface area (Å²) in [5, 5.41) is 6.49. The summed E-state index contributed by atoms with van der Waals surface area (Å²) in [4.78, 5) is 8.58. The van der Waals surface area contributed by atoms with Crippen LogP contribution in [0.5, 0.6) is 5.75 Å². The van der Waals surface area contributed by atoms with Crippen LogP contribution < -0.4 is 15.4 Å². The van der Waals surface area contributed by atoms with Crippen LogP contribution in [0.3, 0.4) is 0 Å². The molecule has 0 spiro atoms. The summed E-state index contributed by atoms with van der Waals surface area (Å²) in [5.41, 5.74) is 2.05. The highest BCUT2D eigenvalue weighted by Gasteiger charge is 2.06. The van der Waals surface area contributed by atoms with Crippen LogP contribution in [0.2, 0.25) is 0 Å². The molecule has 7 heteroatoms. The fourth-order valence-electron chi connectivity index (χ4n) is 2.19. The highest BCUT2D eigenvalue weighted by Crippen LogP contribution is 2.14. The highest BCUT2D eigenvalue weighted by molar-refractivity contribution is 14.0. The van der Waals surface area contributed by atoms with Gasteiger partial charge in [0, 0.05) is 13.6 Å². The second kappa shape index (κ2) is 11.1. The Hall–Kier alpha value is -1.77. The number of hydrogen-bond acceptors (Lipinski definition) is 4. The molecular weight excluding hydrogens is 443 g/mol. The predicted octanol–water partition coefficient (Wildman–Crippen LogP) is 3.81. The molecular formula is C19H29IN4O2. The Kier molecular flexibility index (Phi) is 9.47. The third-order valence-corrected chi connectivity index (χ3v) is 3.65. The van der Waals surface area contributed by atoms with Crippen molar-refractivity contribution in [2.75, 3.05) is 13.7 Å². The number of ether oxygens (including phenoxy) is 1. The molecule has 0 amide bonds. The molecule has 26 heavy (non-hydrogen) atoms. The van der Waals surface area contributed by atoms with E-state index in [4.69, 9.17) is 9.15 Å². The monoisotopic (exact) mass is 472 g/mol. The Labute approximate surface area is 172 Å². The first-order valence-electron chi connectivity index (χ1n) is 8.57. The van der Waals surface area contributed by atoms with Crippen molar-refractivity contribution in [1.82, 2.24) is 15.6 Å². The molecule has 0 aliphatic heterocycles. The largest absolute Gasteiger partial charge is 0.493 e. The lowest BCUT2D eigenvalue weighted by Gasteiger charge is -2.12. The quantitative estimate of drug-likeness (QED) is 0.365. The van der Waals surface area contributed by atoms with Crippen molar-refractivity contribution in [3.05, 3.63) is 47.2 Å². The molecule has 0 atom stereocenters. The second-order valence-electron chi connectivity index (χ2n) is 6.38. The van der Waals surface area contributed by atoms with E-state index in [1.165, 1.54) is 0 Å². The van der Waals surface area contributed by atoms with E-state index >= 15 is 0 Å². The van der Waals surface area contributed by atoms with Crippen molar-refractivity contribution in [1.29, 1.82) is 0 Å². The van der Waals surface area contributed by atoms with Gasteiger partial charge in [-0.25, -0.2) is 4.98 Å². The van der Waals surface area contributed by atoms with Crippen molar-refractivity contribution in [2.24, 2.45) is 10.9 Å². The third kappa shape index (κ3) is 7.23. The molecule has 2 rings (SSSR count). The first-order valence-corrected chi connectivity index (χ1v) is 8.57. The average Bonchev–Trinajstić information content (AvgIpc) is 2.91. The molecule has 2 N–H and O–H groups in total. The zero-order chi connectivity index (χ0) is 18.2. The van der Waals surface area contributed by atoms with Crippen LogP contribution in [-0.4, -0.2) is 24.6 Å². The number of rotatable bonds is 7. The minimum atomic E-state index is 0. The Morgan fingerprint density at radius 3 is 2.58 bits per heavy atom. The van der Waals surface area contributed by atoms with Crippen LogP contribution in [0.1, 0.15) is 36.8 Å². The number of halogens is 1. The SMILES string of the molecule is CN=C(NCc1cccc(OCC(C)C)c1)NCc1nc(C)c(C)o1.I. The molecule has 1 heterocycles. The number of aromatic nitrogens is 1. The summed E-state index contributed by atoms with van der Waals surface area (Å²) in [6.07, 6.45) is 0. The average molecular weight is 472 g/mol. The zero-order valence-corrected chi connectivity index (χ0v) is 18.5.